The average molecular weight is 345 g/mol. The molecule has 0 aliphatic heterocycles. The van der Waals surface area contributed by atoms with Crippen molar-refractivity contribution in [2.24, 2.45) is 11.7 Å². The number of nitrogens with zero attached hydrogens (tertiary/aromatic N) is 1. The minimum Gasteiger partial charge on any atom is -0.353 e. The highest BCUT2D eigenvalue weighted by Crippen LogP contribution is 2.24. The first kappa shape index (κ1) is 19.4. The van der Waals surface area contributed by atoms with E-state index in [4.69, 9.17) is 5.73 Å². The highest BCUT2D eigenvalue weighted by molar-refractivity contribution is 5.81. The van der Waals surface area contributed by atoms with Crippen molar-refractivity contribution in [1.29, 1.82) is 0 Å². The fraction of sp³-hybridized carbons (Fsp3) is 0.600. The zero-order valence-corrected chi connectivity index (χ0v) is 15.2. The van der Waals surface area contributed by atoms with Crippen molar-refractivity contribution in [2.75, 3.05) is 19.6 Å². The lowest BCUT2D eigenvalue weighted by Crippen LogP contribution is -2.43. The van der Waals surface area contributed by atoms with Gasteiger partial charge in [-0.2, -0.15) is 0 Å². The molecule has 25 heavy (non-hydrogen) atoms. The topological polar surface area (TPSA) is 75.4 Å². The third-order valence-electron chi connectivity index (χ3n) is 4.86. The molecule has 1 saturated carbocycles. The van der Waals surface area contributed by atoms with Crippen LogP contribution in [0.4, 0.5) is 0 Å². The van der Waals surface area contributed by atoms with E-state index in [-0.39, 0.29) is 23.8 Å². The van der Waals surface area contributed by atoms with Crippen molar-refractivity contribution in [3.05, 3.63) is 35.9 Å². The fourth-order valence-electron chi connectivity index (χ4n) is 3.42. The molecule has 0 radical (unpaired) electrons. The van der Waals surface area contributed by atoms with Crippen LogP contribution >= 0.6 is 0 Å². The Balaban J connectivity index is 1.80. The molecule has 1 fully saturated rings. The monoisotopic (exact) mass is 345 g/mol. The summed E-state index contributed by atoms with van der Waals surface area (Å²) in [6.07, 6.45) is 5.36. The van der Waals surface area contributed by atoms with Gasteiger partial charge >= 0.3 is 0 Å². The Labute approximate surface area is 151 Å². The largest absolute Gasteiger partial charge is 0.353 e. The normalized spacial score (nSPS) is 15.8. The lowest BCUT2D eigenvalue weighted by molar-refractivity contribution is -0.132. The summed E-state index contributed by atoms with van der Waals surface area (Å²) in [6.45, 7) is 3.56. The van der Waals surface area contributed by atoms with Crippen molar-refractivity contribution >= 4 is 11.8 Å². The zero-order valence-electron chi connectivity index (χ0n) is 15.2. The summed E-state index contributed by atoms with van der Waals surface area (Å²) in [5.41, 5.74) is 6.88. The molecule has 1 unspecified atom stereocenters. The average Bonchev–Trinajstić information content (AvgIpc) is 3.14. The number of amides is 2. The van der Waals surface area contributed by atoms with E-state index in [1.54, 1.807) is 0 Å². The van der Waals surface area contributed by atoms with E-state index in [2.05, 4.69) is 17.4 Å². The Morgan fingerprint density at radius 2 is 1.88 bits per heavy atom. The molecule has 0 saturated heterocycles. The maximum atomic E-state index is 12.6. The molecular weight excluding hydrogens is 314 g/mol. The van der Waals surface area contributed by atoms with Crippen LogP contribution < -0.4 is 11.1 Å². The molecule has 0 heterocycles. The first-order valence-electron chi connectivity index (χ1n) is 9.42. The summed E-state index contributed by atoms with van der Waals surface area (Å²) in [4.78, 5) is 26.6. The molecule has 0 bridgehead atoms. The smallest absolute Gasteiger partial charge is 0.224 e. The Morgan fingerprint density at radius 3 is 2.52 bits per heavy atom. The lowest BCUT2D eigenvalue weighted by Gasteiger charge is -2.24. The van der Waals surface area contributed by atoms with Crippen molar-refractivity contribution in [3.8, 4) is 0 Å². The van der Waals surface area contributed by atoms with Gasteiger partial charge in [-0.05, 0) is 31.7 Å². The highest BCUT2D eigenvalue weighted by Gasteiger charge is 2.25. The fourth-order valence-corrected chi connectivity index (χ4v) is 3.42. The Kier molecular flexibility index (Phi) is 7.92. The first-order chi connectivity index (χ1) is 12.1. The van der Waals surface area contributed by atoms with Gasteiger partial charge in [0.2, 0.25) is 11.8 Å². The van der Waals surface area contributed by atoms with Gasteiger partial charge in [0.1, 0.15) is 0 Å². The van der Waals surface area contributed by atoms with Crippen LogP contribution in [0.5, 0.6) is 0 Å². The van der Waals surface area contributed by atoms with E-state index in [0.29, 0.717) is 26.1 Å². The second-order valence-electron chi connectivity index (χ2n) is 7.00. The molecule has 2 rings (SSSR count). The number of hydrogen-bond acceptors (Lipinski definition) is 3. The third kappa shape index (κ3) is 6.50. The standard InChI is InChI=1S/C20H31N3O2/c1-16(22-20(25)18-9-5-6-10-18)15-19(24)23(14-12-21)13-11-17-7-3-2-4-8-17/h2-4,7-8,16,18H,5-6,9-15,21H2,1H3,(H,22,25). The molecule has 1 aliphatic carbocycles. The van der Waals surface area contributed by atoms with Gasteiger partial charge in [-0.3, -0.25) is 9.59 Å². The summed E-state index contributed by atoms with van der Waals surface area (Å²) >= 11 is 0. The van der Waals surface area contributed by atoms with E-state index in [1.165, 1.54) is 5.56 Å². The van der Waals surface area contributed by atoms with Crippen molar-refractivity contribution < 1.29 is 9.59 Å². The van der Waals surface area contributed by atoms with Crippen LogP contribution in [-0.2, 0) is 16.0 Å². The second kappa shape index (κ2) is 10.2. The first-order valence-corrected chi connectivity index (χ1v) is 9.42. The Bertz CT molecular complexity index is 541. The van der Waals surface area contributed by atoms with Crippen LogP contribution in [-0.4, -0.2) is 42.4 Å². The van der Waals surface area contributed by atoms with Gasteiger partial charge in [-0.15, -0.1) is 0 Å². The predicted molar refractivity (Wildman–Crippen MR) is 100.0 cm³/mol. The Hall–Kier alpha value is -1.88. The quantitative estimate of drug-likeness (QED) is 0.720. The number of nitrogens with two attached hydrogens (primary N) is 1. The molecule has 1 atom stereocenters. The molecule has 5 heteroatoms. The minimum absolute atomic E-state index is 0.0561. The summed E-state index contributed by atoms with van der Waals surface area (Å²) < 4.78 is 0. The molecule has 1 aromatic carbocycles. The Morgan fingerprint density at radius 1 is 1.20 bits per heavy atom. The van der Waals surface area contributed by atoms with Gasteiger partial charge in [0, 0.05) is 38.0 Å². The van der Waals surface area contributed by atoms with Crippen molar-refractivity contribution in [1.82, 2.24) is 10.2 Å². The SMILES string of the molecule is CC(CC(=O)N(CCN)CCc1ccccc1)NC(=O)C1CCCC1. The summed E-state index contributed by atoms with van der Waals surface area (Å²) in [6, 6.07) is 9.99. The summed E-state index contributed by atoms with van der Waals surface area (Å²) in [5.74, 6) is 0.295. The molecule has 0 aromatic heterocycles. The van der Waals surface area contributed by atoms with Gasteiger partial charge in [-0.25, -0.2) is 0 Å². The van der Waals surface area contributed by atoms with Gasteiger partial charge in [0.05, 0.1) is 0 Å². The van der Waals surface area contributed by atoms with Crippen LogP contribution in [0.25, 0.3) is 0 Å². The molecule has 1 aliphatic rings. The summed E-state index contributed by atoms with van der Waals surface area (Å²) in [5, 5.41) is 3.01. The maximum absolute atomic E-state index is 12.6. The highest BCUT2D eigenvalue weighted by atomic mass is 16.2. The van der Waals surface area contributed by atoms with Gasteiger partial charge in [0.25, 0.3) is 0 Å². The van der Waals surface area contributed by atoms with E-state index in [9.17, 15) is 9.59 Å². The minimum atomic E-state index is -0.141. The lowest BCUT2D eigenvalue weighted by atomic mass is 10.1. The number of carbonyl (C=O) groups is 2. The van der Waals surface area contributed by atoms with Crippen LogP contribution in [0.3, 0.4) is 0 Å². The number of benzene rings is 1. The van der Waals surface area contributed by atoms with Gasteiger partial charge < -0.3 is 16.0 Å². The molecule has 138 valence electrons. The number of nitrogens with one attached hydrogen (secondary N) is 1. The van der Waals surface area contributed by atoms with Crippen molar-refractivity contribution in [3.63, 3.8) is 0 Å². The van der Waals surface area contributed by atoms with E-state index in [1.807, 2.05) is 30.0 Å². The molecule has 5 nitrogen and oxygen atoms in total. The molecule has 0 spiro atoms. The zero-order chi connectivity index (χ0) is 18.1. The van der Waals surface area contributed by atoms with E-state index >= 15 is 0 Å². The number of rotatable bonds is 9. The number of hydrogen-bond donors (Lipinski definition) is 2. The van der Waals surface area contributed by atoms with Crippen LogP contribution in [0, 0.1) is 5.92 Å². The van der Waals surface area contributed by atoms with Gasteiger partial charge in [-0.1, -0.05) is 43.2 Å². The maximum Gasteiger partial charge on any atom is 0.224 e. The third-order valence-corrected chi connectivity index (χ3v) is 4.86. The predicted octanol–water partition coefficient (Wildman–Crippen LogP) is 2.10. The molecule has 2 amide bonds. The van der Waals surface area contributed by atoms with Crippen LogP contribution in [0.15, 0.2) is 30.3 Å². The molecule has 3 N–H and O–H groups in total. The van der Waals surface area contributed by atoms with Crippen LogP contribution in [0.1, 0.15) is 44.6 Å². The van der Waals surface area contributed by atoms with E-state index in [0.717, 1.165) is 32.1 Å². The molecular formula is C20H31N3O2. The van der Waals surface area contributed by atoms with Crippen molar-refractivity contribution in [2.45, 2.75) is 51.5 Å². The number of carbonyl (C=O) groups excluding carboxylic acids is 2. The van der Waals surface area contributed by atoms with Crippen LogP contribution in [0.2, 0.25) is 0 Å². The second-order valence-corrected chi connectivity index (χ2v) is 7.00. The van der Waals surface area contributed by atoms with E-state index < -0.39 is 0 Å². The summed E-state index contributed by atoms with van der Waals surface area (Å²) in [7, 11) is 0. The molecule has 1 aromatic rings. The van der Waals surface area contributed by atoms with Gasteiger partial charge in [0.15, 0.2) is 0 Å².